The average molecular weight is 227 g/mol. The second-order valence-electron chi connectivity index (χ2n) is 1.71. The summed E-state index contributed by atoms with van der Waals surface area (Å²) in [4.78, 5) is 18.7. The van der Waals surface area contributed by atoms with Gasteiger partial charge in [0.15, 0.2) is 0 Å². The fourth-order valence-electron chi connectivity index (χ4n) is 0.218. The smallest absolute Gasteiger partial charge is 0.303 e. The number of carboxylic acid groups (broad SMARTS) is 2. The van der Waals surface area contributed by atoms with Crippen molar-refractivity contribution in [1.82, 2.24) is 0 Å². The van der Waals surface area contributed by atoms with Crippen molar-refractivity contribution in [3.63, 3.8) is 0 Å². The lowest BCUT2D eigenvalue weighted by Gasteiger charge is -1.84. The molecule has 4 nitrogen and oxygen atoms in total. The maximum Gasteiger partial charge on any atom is 0.303 e. The molecule has 0 saturated carbocycles. The lowest BCUT2D eigenvalue weighted by molar-refractivity contribution is -0.137. The number of rotatable bonds is 3. The predicted molar refractivity (Wildman–Crippen MR) is 44.0 cm³/mol. The molecule has 0 rings (SSSR count). The highest BCUT2D eigenvalue weighted by atomic mass is 79.9. The quantitative estimate of drug-likeness (QED) is 0.713. The molecule has 0 aliphatic rings. The summed E-state index contributed by atoms with van der Waals surface area (Å²) in [5, 5.41) is 16.2. The monoisotopic (exact) mass is 226 g/mol. The molecule has 0 radical (unpaired) electrons. The van der Waals surface area contributed by atoms with Gasteiger partial charge in [-0.25, -0.2) is 0 Å². The van der Waals surface area contributed by atoms with Crippen molar-refractivity contribution in [2.24, 2.45) is 0 Å². The number of hydrogen-bond donors (Lipinski definition) is 2. The Hall–Kier alpha value is -0.580. The summed E-state index contributed by atoms with van der Waals surface area (Å²) in [6, 6.07) is 0. The highest BCUT2D eigenvalue weighted by Crippen LogP contribution is 1.91. The summed E-state index contributed by atoms with van der Waals surface area (Å²) in [7, 11) is 0. The summed E-state index contributed by atoms with van der Waals surface area (Å²) in [6.45, 7) is 1.08. The van der Waals surface area contributed by atoms with E-state index in [-0.39, 0.29) is 6.42 Å². The van der Waals surface area contributed by atoms with Gasteiger partial charge in [-0.3, -0.25) is 9.59 Å². The lowest BCUT2D eigenvalue weighted by Crippen LogP contribution is -1.93. The van der Waals surface area contributed by atoms with Gasteiger partial charge in [-0.15, -0.1) is 0 Å². The molecule has 66 valence electrons. The minimum Gasteiger partial charge on any atom is -0.481 e. The van der Waals surface area contributed by atoms with Crippen molar-refractivity contribution in [2.75, 3.05) is 5.33 Å². The molecule has 0 amide bonds. The van der Waals surface area contributed by atoms with E-state index in [1.165, 1.54) is 0 Å². The van der Waals surface area contributed by atoms with Crippen LogP contribution in [0.1, 0.15) is 19.8 Å². The van der Waals surface area contributed by atoms with Crippen LogP contribution in [0.15, 0.2) is 0 Å². The Balaban J connectivity index is 0. The van der Waals surface area contributed by atoms with Gasteiger partial charge < -0.3 is 10.2 Å². The van der Waals surface area contributed by atoms with E-state index in [1.54, 1.807) is 0 Å². The topological polar surface area (TPSA) is 74.6 Å². The Morgan fingerprint density at radius 1 is 1.36 bits per heavy atom. The zero-order chi connectivity index (χ0) is 9.28. The van der Waals surface area contributed by atoms with Crippen molar-refractivity contribution in [3.8, 4) is 0 Å². The van der Waals surface area contributed by atoms with Gasteiger partial charge in [0.25, 0.3) is 5.97 Å². The van der Waals surface area contributed by atoms with Crippen LogP contribution in [-0.4, -0.2) is 27.5 Å². The van der Waals surface area contributed by atoms with E-state index in [2.05, 4.69) is 15.9 Å². The first kappa shape index (κ1) is 13.0. The molecule has 0 unspecified atom stereocenters. The summed E-state index contributed by atoms with van der Waals surface area (Å²) < 4.78 is 0. The molecule has 0 aromatic rings. The number of carbonyl (C=O) groups is 2. The number of alkyl halides is 1. The van der Waals surface area contributed by atoms with Gasteiger partial charge in [0.05, 0.1) is 0 Å². The third-order valence-corrected chi connectivity index (χ3v) is 1.09. The first-order chi connectivity index (χ1) is 5.00. The SMILES string of the molecule is CC(=O)O.O=C(O)CCCBr. The molecule has 5 heteroatoms. The van der Waals surface area contributed by atoms with Crippen LogP contribution in [0.5, 0.6) is 0 Å². The Labute approximate surface area is 73.3 Å². The first-order valence-electron chi connectivity index (χ1n) is 2.98. The van der Waals surface area contributed by atoms with Crippen LogP contribution in [-0.2, 0) is 9.59 Å². The molecular weight excluding hydrogens is 216 g/mol. The number of carboxylic acids is 2. The molecule has 0 aliphatic carbocycles. The molecule has 0 atom stereocenters. The molecule has 0 aromatic carbocycles. The van der Waals surface area contributed by atoms with Crippen LogP contribution in [0.3, 0.4) is 0 Å². The van der Waals surface area contributed by atoms with E-state index in [0.717, 1.165) is 18.7 Å². The molecular formula is C6H11BrO4. The highest BCUT2D eigenvalue weighted by molar-refractivity contribution is 9.09. The van der Waals surface area contributed by atoms with E-state index in [4.69, 9.17) is 15.0 Å². The van der Waals surface area contributed by atoms with Gasteiger partial charge in [-0.2, -0.15) is 0 Å². The maximum atomic E-state index is 9.74. The fourth-order valence-corrected chi connectivity index (χ4v) is 0.498. The Morgan fingerprint density at radius 3 is 1.82 bits per heavy atom. The largest absolute Gasteiger partial charge is 0.481 e. The fraction of sp³-hybridized carbons (Fsp3) is 0.667. The zero-order valence-electron chi connectivity index (χ0n) is 6.21. The molecule has 2 N–H and O–H groups in total. The van der Waals surface area contributed by atoms with Gasteiger partial charge in [0.2, 0.25) is 0 Å². The summed E-state index contributed by atoms with van der Waals surface area (Å²) in [6.07, 6.45) is 0.987. The minimum atomic E-state index is -0.833. The molecule has 0 bridgehead atoms. The molecule has 0 spiro atoms. The van der Waals surface area contributed by atoms with Crippen LogP contribution < -0.4 is 0 Å². The van der Waals surface area contributed by atoms with Gasteiger partial charge in [0.1, 0.15) is 0 Å². The maximum absolute atomic E-state index is 9.74. The molecule has 0 saturated heterocycles. The van der Waals surface area contributed by atoms with E-state index in [1.807, 2.05) is 0 Å². The van der Waals surface area contributed by atoms with Crippen molar-refractivity contribution < 1.29 is 19.8 Å². The van der Waals surface area contributed by atoms with Gasteiger partial charge in [-0.05, 0) is 6.42 Å². The van der Waals surface area contributed by atoms with Crippen LogP contribution in [0.4, 0.5) is 0 Å². The Kier molecular flexibility index (Phi) is 11.2. The first-order valence-corrected chi connectivity index (χ1v) is 4.10. The van der Waals surface area contributed by atoms with Crippen LogP contribution in [0, 0.1) is 0 Å². The van der Waals surface area contributed by atoms with E-state index >= 15 is 0 Å². The summed E-state index contributed by atoms with van der Waals surface area (Å²) >= 11 is 3.11. The summed E-state index contributed by atoms with van der Waals surface area (Å²) in [5.41, 5.74) is 0. The standard InChI is InChI=1S/C4H7BrO2.C2H4O2/c5-3-1-2-4(6)7;1-2(3)4/h1-3H2,(H,6,7);1H3,(H,3,4). The van der Waals surface area contributed by atoms with Crippen molar-refractivity contribution in [3.05, 3.63) is 0 Å². The summed E-state index contributed by atoms with van der Waals surface area (Å²) in [5.74, 6) is -1.56. The van der Waals surface area contributed by atoms with Gasteiger partial charge in [-0.1, -0.05) is 15.9 Å². The predicted octanol–water partition coefficient (Wildman–Crippen LogP) is 1.34. The Bertz CT molecular complexity index is 120. The molecule has 0 aliphatic heterocycles. The molecule has 0 aromatic heterocycles. The second-order valence-corrected chi connectivity index (χ2v) is 2.50. The average Bonchev–Trinajstić information content (AvgIpc) is 1.82. The van der Waals surface area contributed by atoms with E-state index in [0.29, 0.717) is 0 Å². The third-order valence-electron chi connectivity index (χ3n) is 0.524. The second kappa shape index (κ2) is 9.42. The van der Waals surface area contributed by atoms with Crippen LogP contribution in [0.2, 0.25) is 0 Å². The molecule has 11 heavy (non-hydrogen) atoms. The number of aliphatic carboxylic acids is 2. The number of hydrogen-bond acceptors (Lipinski definition) is 2. The lowest BCUT2D eigenvalue weighted by atomic mass is 10.3. The van der Waals surface area contributed by atoms with Gasteiger partial charge >= 0.3 is 5.97 Å². The van der Waals surface area contributed by atoms with Crippen LogP contribution in [0.25, 0.3) is 0 Å². The normalized spacial score (nSPS) is 7.82. The molecule has 0 heterocycles. The highest BCUT2D eigenvalue weighted by Gasteiger charge is 1.91. The van der Waals surface area contributed by atoms with Crippen molar-refractivity contribution >= 4 is 27.9 Å². The van der Waals surface area contributed by atoms with E-state index < -0.39 is 11.9 Å². The zero-order valence-corrected chi connectivity index (χ0v) is 7.80. The van der Waals surface area contributed by atoms with E-state index in [9.17, 15) is 4.79 Å². The molecule has 0 fully saturated rings. The third kappa shape index (κ3) is 44.3. The van der Waals surface area contributed by atoms with Gasteiger partial charge in [0, 0.05) is 18.7 Å². The minimum absolute atomic E-state index is 0.269. The Morgan fingerprint density at radius 2 is 1.73 bits per heavy atom. The van der Waals surface area contributed by atoms with Crippen molar-refractivity contribution in [1.29, 1.82) is 0 Å². The number of halogens is 1. The van der Waals surface area contributed by atoms with Crippen molar-refractivity contribution in [2.45, 2.75) is 19.8 Å². The van der Waals surface area contributed by atoms with Crippen LogP contribution >= 0.6 is 15.9 Å².